The third-order valence-electron chi connectivity index (χ3n) is 7.68. The molecule has 198 valence electrons. The third kappa shape index (κ3) is 4.70. The molecule has 41 heavy (non-hydrogen) atoms. The van der Waals surface area contributed by atoms with Gasteiger partial charge in [-0.2, -0.15) is 0 Å². The Kier molecular flexibility index (Phi) is 6.21. The first-order valence-electron chi connectivity index (χ1n) is 13.7. The molecule has 1 N–H and O–H groups in total. The van der Waals surface area contributed by atoms with Crippen molar-refractivity contribution in [2.75, 3.05) is 0 Å². The van der Waals surface area contributed by atoms with Crippen LogP contribution >= 0.6 is 0 Å². The van der Waals surface area contributed by atoms with Crippen molar-refractivity contribution >= 4 is 38.5 Å². The zero-order valence-corrected chi connectivity index (χ0v) is 22.3. The Bertz CT molecular complexity index is 1970. The summed E-state index contributed by atoms with van der Waals surface area (Å²) in [6.07, 6.45) is -0.695. The second-order valence-corrected chi connectivity index (χ2v) is 10.3. The average Bonchev–Trinajstić information content (AvgIpc) is 3.35. The summed E-state index contributed by atoms with van der Waals surface area (Å²) < 4.78 is 8.23. The number of aromatic nitrogens is 1. The van der Waals surface area contributed by atoms with Gasteiger partial charge in [-0.1, -0.05) is 103 Å². The zero-order chi connectivity index (χ0) is 27.8. The Labute approximate surface area is 237 Å². The average molecular weight is 534 g/mol. The van der Waals surface area contributed by atoms with Gasteiger partial charge in [-0.05, 0) is 63.9 Å². The Hall–Kier alpha value is -5.35. The fourth-order valence-corrected chi connectivity index (χ4v) is 5.65. The van der Waals surface area contributed by atoms with Crippen molar-refractivity contribution in [3.8, 4) is 22.6 Å². The van der Waals surface area contributed by atoms with Gasteiger partial charge in [-0.25, -0.2) is 4.79 Å². The molecule has 0 aliphatic heterocycles. The van der Waals surface area contributed by atoms with Gasteiger partial charge < -0.3 is 14.4 Å². The lowest BCUT2D eigenvalue weighted by Gasteiger charge is -2.16. The summed E-state index contributed by atoms with van der Waals surface area (Å²) in [7, 11) is 0. The van der Waals surface area contributed by atoms with Gasteiger partial charge in [0.25, 0.3) is 0 Å². The lowest BCUT2D eigenvalue weighted by molar-refractivity contribution is -0.145. The monoisotopic (exact) mass is 533 g/mol. The molecule has 1 atom stereocenters. The van der Waals surface area contributed by atoms with Crippen LogP contribution in [0.1, 0.15) is 5.56 Å². The number of rotatable bonds is 7. The van der Waals surface area contributed by atoms with E-state index in [1.807, 2.05) is 66.7 Å². The van der Waals surface area contributed by atoms with Gasteiger partial charge in [0.05, 0.1) is 11.0 Å². The van der Waals surface area contributed by atoms with Gasteiger partial charge in [0, 0.05) is 22.9 Å². The van der Waals surface area contributed by atoms with Crippen LogP contribution < -0.4 is 4.74 Å². The van der Waals surface area contributed by atoms with Gasteiger partial charge in [-0.3, -0.25) is 0 Å². The number of carboxylic acids is 1. The van der Waals surface area contributed by atoms with Crippen LogP contribution in [0.3, 0.4) is 0 Å². The molecular formula is C37H27NO3. The van der Waals surface area contributed by atoms with Crippen molar-refractivity contribution < 1.29 is 14.6 Å². The maximum atomic E-state index is 12.0. The van der Waals surface area contributed by atoms with Crippen molar-refractivity contribution in [3.63, 3.8) is 0 Å². The van der Waals surface area contributed by atoms with E-state index >= 15 is 0 Å². The van der Waals surface area contributed by atoms with Crippen molar-refractivity contribution in [2.45, 2.75) is 12.5 Å². The smallest absolute Gasteiger partial charge is 0.345 e. The maximum absolute atomic E-state index is 12.0. The van der Waals surface area contributed by atoms with E-state index in [9.17, 15) is 9.90 Å². The molecule has 0 amide bonds. The fourth-order valence-electron chi connectivity index (χ4n) is 5.65. The number of hydrogen-bond donors (Lipinski definition) is 1. The van der Waals surface area contributed by atoms with Gasteiger partial charge >= 0.3 is 5.97 Å². The first-order valence-corrected chi connectivity index (χ1v) is 13.7. The quantitative estimate of drug-likeness (QED) is 0.223. The highest BCUT2D eigenvalue weighted by molar-refractivity contribution is 6.09. The predicted octanol–water partition coefficient (Wildman–Crippen LogP) is 8.68. The molecule has 4 nitrogen and oxygen atoms in total. The van der Waals surface area contributed by atoms with Gasteiger partial charge in [-0.15, -0.1) is 0 Å². The number of fused-ring (bicyclic) bond motifs is 4. The Morgan fingerprint density at radius 3 is 1.83 bits per heavy atom. The minimum absolute atomic E-state index is 0.284. The highest BCUT2D eigenvalue weighted by Crippen LogP contribution is 2.33. The molecule has 0 saturated carbocycles. The van der Waals surface area contributed by atoms with E-state index in [0.29, 0.717) is 5.75 Å². The van der Waals surface area contributed by atoms with Gasteiger partial charge in [0.2, 0.25) is 0 Å². The number of carbonyl (C=O) groups is 1. The first-order chi connectivity index (χ1) is 20.1. The molecule has 1 aromatic heterocycles. The molecular weight excluding hydrogens is 506 g/mol. The van der Waals surface area contributed by atoms with E-state index in [4.69, 9.17) is 4.74 Å². The van der Waals surface area contributed by atoms with E-state index in [2.05, 4.69) is 77.4 Å². The van der Waals surface area contributed by atoms with Gasteiger partial charge in [0.15, 0.2) is 6.10 Å². The molecule has 7 rings (SSSR count). The molecule has 1 unspecified atom stereocenters. The van der Waals surface area contributed by atoms with E-state index < -0.39 is 12.1 Å². The lowest BCUT2D eigenvalue weighted by Crippen LogP contribution is -2.29. The second kappa shape index (κ2) is 10.3. The maximum Gasteiger partial charge on any atom is 0.345 e. The largest absolute Gasteiger partial charge is 0.478 e. The summed E-state index contributed by atoms with van der Waals surface area (Å²) in [5, 5.41) is 14.5. The minimum atomic E-state index is -0.983. The molecule has 1 heterocycles. The van der Waals surface area contributed by atoms with Crippen molar-refractivity contribution in [3.05, 3.63) is 145 Å². The summed E-state index contributed by atoms with van der Waals surface area (Å²) in [6.45, 7) is 0. The summed E-state index contributed by atoms with van der Waals surface area (Å²) in [5.41, 5.74) is 6.50. The zero-order valence-electron chi connectivity index (χ0n) is 22.3. The molecule has 0 aliphatic rings. The topological polar surface area (TPSA) is 51.5 Å². The molecule has 0 spiro atoms. The summed E-state index contributed by atoms with van der Waals surface area (Å²) >= 11 is 0. The van der Waals surface area contributed by atoms with Crippen molar-refractivity contribution in [2.24, 2.45) is 0 Å². The van der Waals surface area contributed by atoms with Gasteiger partial charge in [0.1, 0.15) is 5.75 Å². The van der Waals surface area contributed by atoms with Crippen LogP contribution in [0.5, 0.6) is 5.75 Å². The SMILES string of the molecule is O=C(O)C(Cc1ccc2ccccc2c1)Oc1ccc(-c2ccc(-n3c4ccccc4c4ccccc43)cc2)cc1. The molecule has 4 heteroatoms. The highest BCUT2D eigenvalue weighted by Gasteiger charge is 2.20. The first kappa shape index (κ1) is 24.7. The fraction of sp³-hybridized carbons (Fsp3) is 0.0541. The van der Waals surface area contributed by atoms with Crippen LogP contribution in [-0.4, -0.2) is 21.7 Å². The number of carboxylic acid groups (broad SMARTS) is 1. The molecule has 0 saturated heterocycles. The third-order valence-corrected chi connectivity index (χ3v) is 7.68. The number of aliphatic carboxylic acids is 1. The van der Waals surface area contributed by atoms with Crippen LogP contribution in [0.4, 0.5) is 0 Å². The number of ether oxygens (including phenoxy) is 1. The summed E-state index contributed by atoms with van der Waals surface area (Å²) in [6, 6.07) is 47.2. The Balaban J connectivity index is 1.11. The van der Waals surface area contributed by atoms with Crippen molar-refractivity contribution in [1.82, 2.24) is 4.57 Å². The lowest BCUT2D eigenvalue weighted by atomic mass is 10.0. The highest BCUT2D eigenvalue weighted by atomic mass is 16.5. The molecule has 0 fully saturated rings. The van der Waals surface area contributed by atoms with E-state index in [0.717, 1.165) is 33.2 Å². The Morgan fingerprint density at radius 2 is 1.20 bits per heavy atom. The number of benzene rings is 6. The minimum Gasteiger partial charge on any atom is -0.478 e. The number of hydrogen-bond acceptors (Lipinski definition) is 2. The van der Waals surface area contributed by atoms with E-state index in [1.54, 1.807) is 0 Å². The summed E-state index contributed by atoms with van der Waals surface area (Å²) in [5.74, 6) is -0.452. The molecule has 6 aromatic carbocycles. The van der Waals surface area contributed by atoms with Crippen LogP contribution in [0, 0.1) is 0 Å². The van der Waals surface area contributed by atoms with Crippen LogP contribution in [-0.2, 0) is 11.2 Å². The van der Waals surface area contributed by atoms with E-state index in [1.165, 1.54) is 21.8 Å². The molecule has 0 bridgehead atoms. The van der Waals surface area contributed by atoms with Crippen LogP contribution in [0.15, 0.2) is 140 Å². The summed E-state index contributed by atoms with van der Waals surface area (Å²) in [4.78, 5) is 12.0. The van der Waals surface area contributed by atoms with Crippen molar-refractivity contribution in [1.29, 1.82) is 0 Å². The van der Waals surface area contributed by atoms with E-state index in [-0.39, 0.29) is 6.42 Å². The molecule has 0 radical (unpaired) electrons. The van der Waals surface area contributed by atoms with Crippen LogP contribution in [0.25, 0.3) is 49.4 Å². The second-order valence-electron chi connectivity index (χ2n) is 10.3. The predicted molar refractivity (Wildman–Crippen MR) is 166 cm³/mol. The standard InChI is InChI=1S/C37H27NO3/c39-37(40)36(24-25-13-14-26-7-1-2-8-29(26)23-25)41-31-21-17-28(18-22-31)27-15-19-30(20-16-27)38-34-11-5-3-9-32(34)33-10-4-6-12-35(33)38/h1-23,36H,24H2,(H,39,40). The molecule has 7 aromatic rings. The Morgan fingerprint density at radius 1 is 0.634 bits per heavy atom. The number of nitrogens with zero attached hydrogens (tertiary/aromatic N) is 1. The molecule has 0 aliphatic carbocycles. The normalized spacial score (nSPS) is 12.1. The van der Waals surface area contributed by atoms with Crippen LogP contribution in [0.2, 0.25) is 0 Å². The number of para-hydroxylation sites is 2.